The van der Waals surface area contributed by atoms with Crippen LogP contribution in [0.25, 0.3) is 17.2 Å². The number of nitrogens with zero attached hydrogens (tertiary/aromatic N) is 1. The number of phenolic OH excluding ortho intramolecular Hbond substituents is 1. The number of halogens is 1. The van der Waals surface area contributed by atoms with Crippen molar-refractivity contribution in [2.24, 2.45) is 0 Å². The van der Waals surface area contributed by atoms with Crippen LogP contribution in [-0.2, 0) is 9.53 Å². The predicted molar refractivity (Wildman–Crippen MR) is 116 cm³/mol. The van der Waals surface area contributed by atoms with Gasteiger partial charge < -0.3 is 15.2 Å². The van der Waals surface area contributed by atoms with Crippen LogP contribution in [0.15, 0.2) is 59.5 Å². The molecule has 0 fully saturated rings. The molecule has 2 N–H and O–H groups in total. The van der Waals surface area contributed by atoms with E-state index in [9.17, 15) is 24.3 Å². The summed E-state index contributed by atoms with van der Waals surface area (Å²) in [7, 11) is 0. The molecular weight excluding hydrogens is 419 g/mol. The van der Waals surface area contributed by atoms with Crippen molar-refractivity contribution in [2.45, 2.75) is 6.92 Å². The summed E-state index contributed by atoms with van der Waals surface area (Å²) in [6.07, 6.45) is 1.25. The molecule has 1 amide bonds. The van der Waals surface area contributed by atoms with Crippen LogP contribution in [0, 0.1) is 17.1 Å². The molecule has 0 aliphatic rings. The number of carbonyl (C=O) groups excluding carboxylic acids is 2. The standard InChI is InChI=1S/C23H17FN2O4S/c1-2-30-23(29)20-18(14-7-9-17(24)10-8-14)13-31-22(20)26-21(28)16(12-25)11-15-5-3-4-6-19(15)27/h3-11,13,27H,2H2,1H3,(H,26,28). The summed E-state index contributed by atoms with van der Waals surface area (Å²) in [5.74, 6) is -1.89. The summed E-state index contributed by atoms with van der Waals surface area (Å²) in [6, 6.07) is 13.6. The minimum absolute atomic E-state index is 0.0787. The van der Waals surface area contributed by atoms with Gasteiger partial charge in [0.25, 0.3) is 5.91 Å². The van der Waals surface area contributed by atoms with E-state index in [2.05, 4.69) is 5.32 Å². The number of aromatic hydroxyl groups is 1. The molecule has 3 aromatic rings. The number of amides is 1. The molecule has 1 aromatic heterocycles. The van der Waals surface area contributed by atoms with Gasteiger partial charge in [-0.25, -0.2) is 9.18 Å². The van der Waals surface area contributed by atoms with Gasteiger partial charge >= 0.3 is 5.97 Å². The Morgan fingerprint density at radius 3 is 2.58 bits per heavy atom. The monoisotopic (exact) mass is 436 g/mol. The molecule has 0 spiro atoms. The molecule has 0 aliphatic heterocycles. The Morgan fingerprint density at radius 2 is 1.94 bits per heavy atom. The van der Waals surface area contributed by atoms with Crippen molar-refractivity contribution in [1.29, 1.82) is 5.26 Å². The predicted octanol–water partition coefficient (Wildman–Crippen LogP) is 4.98. The molecule has 2 aromatic carbocycles. The lowest BCUT2D eigenvalue weighted by molar-refractivity contribution is -0.112. The topological polar surface area (TPSA) is 99.4 Å². The highest BCUT2D eigenvalue weighted by Crippen LogP contribution is 2.36. The second-order valence-corrected chi connectivity index (χ2v) is 7.14. The Balaban J connectivity index is 1.97. The molecule has 156 valence electrons. The Bertz CT molecular complexity index is 1190. The first-order valence-corrected chi connectivity index (χ1v) is 10.1. The van der Waals surface area contributed by atoms with Gasteiger partial charge in [0, 0.05) is 16.5 Å². The highest BCUT2D eigenvalue weighted by atomic mass is 32.1. The molecule has 8 heteroatoms. The van der Waals surface area contributed by atoms with Gasteiger partial charge in [-0.1, -0.05) is 30.3 Å². The Labute approximate surface area is 181 Å². The number of hydrogen-bond donors (Lipinski definition) is 2. The summed E-state index contributed by atoms with van der Waals surface area (Å²) in [5.41, 5.74) is 1.21. The fraction of sp³-hybridized carbons (Fsp3) is 0.0870. The van der Waals surface area contributed by atoms with Crippen molar-refractivity contribution in [3.63, 3.8) is 0 Å². The lowest BCUT2D eigenvalue weighted by atomic mass is 10.0. The van der Waals surface area contributed by atoms with Gasteiger partial charge in [-0.2, -0.15) is 5.26 Å². The number of thiophene rings is 1. The van der Waals surface area contributed by atoms with Crippen LogP contribution >= 0.6 is 11.3 Å². The number of benzene rings is 2. The van der Waals surface area contributed by atoms with Crippen LogP contribution in [0.1, 0.15) is 22.8 Å². The summed E-state index contributed by atoms with van der Waals surface area (Å²) in [5, 5.41) is 23.7. The number of ether oxygens (including phenoxy) is 1. The average molecular weight is 436 g/mol. The molecule has 6 nitrogen and oxygen atoms in total. The fourth-order valence-electron chi connectivity index (χ4n) is 2.78. The molecule has 1 heterocycles. The van der Waals surface area contributed by atoms with Gasteiger partial charge in [-0.3, -0.25) is 4.79 Å². The normalized spacial score (nSPS) is 10.9. The smallest absolute Gasteiger partial charge is 0.341 e. The van der Waals surface area contributed by atoms with E-state index in [1.807, 2.05) is 0 Å². The third-order valence-corrected chi connectivity index (χ3v) is 5.15. The fourth-order valence-corrected chi connectivity index (χ4v) is 3.73. The van der Waals surface area contributed by atoms with Gasteiger partial charge in [0.1, 0.15) is 33.8 Å². The summed E-state index contributed by atoms with van der Waals surface area (Å²) in [4.78, 5) is 25.3. The number of nitriles is 1. The maximum Gasteiger partial charge on any atom is 0.341 e. The average Bonchev–Trinajstić information content (AvgIpc) is 3.17. The van der Waals surface area contributed by atoms with Crippen LogP contribution in [0.3, 0.4) is 0 Å². The van der Waals surface area contributed by atoms with Gasteiger partial charge in [0.2, 0.25) is 0 Å². The lowest BCUT2D eigenvalue weighted by Gasteiger charge is -2.09. The van der Waals surface area contributed by atoms with E-state index in [1.165, 1.54) is 36.4 Å². The molecule has 0 unspecified atom stereocenters. The van der Waals surface area contributed by atoms with E-state index in [0.29, 0.717) is 16.7 Å². The van der Waals surface area contributed by atoms with E-state index in [0.717, 1.165) is 11.3 Å². The Kier molecular flexibility index (Phi) is 6.80. The number of rotatable bonds is 6. The molecule has 0 radical (unpaired) electrons. The SMILES string of the molecule is CCOC(=O)c1c(-c2ccc(F)cc2)csc1NC(=O)C(C#N)=Cc1ccccc1O. The van der Waals surface area contributed by atoms with Crippen molar-refractivity contribution in [1.82, 2.24) is 0 Å². The van der Waals surface area contributed by atoms with Crippen molar-refractivity contribution in [2.75, 3.05) is 11.9 Å². The van der Waals surface area contributed by atoms with Crippen LogP contribution < -0.4 is 5.32 Å². The highest BCUT2D eigenvalue weighted by molar-refractivity contribution is 7.15. The van der Waals surface area contributed by atoms with E-state index in [4.69, 9.17) is 4.74 Å². The summed E-state index contributed by atoms with van der Waals surface area (Å²) in [6.45, 7) is 1.78. The van der Waals surface area contributed by atoms with E-state index >= 15 is 0 Å². The third-order valence-electron chi connectivity index (χ3n) is 4.25. The van der Waals surface area contributed by atoms with Crippen LogP contribution in [-0.4, -0.2) is 23.6 Å². The number of anilines is 1. The lowest BCUT2D eigenvalue weighted by Crippen LogP contribution is -2.16. The zero-order valence-corrected chi connectivity index (χ0v) is 17.2. The Hall–Kier alpha value is -3.96. The number of para-hydroxylation sites is 1. The van der Waals surface area contributed by atoms with Gasteiger partial charge in [-0.05, 0) is 36.8 Å². The molecule has 0 aliphatic carbocycles. The largest absolute Gasteiger partial charge is 0.507 e. The first kappa shape index (κ1) is 21.7. The highest BCUT2D eigenvalue weighted by Gasteiger charge is 2.24. The molecule has 3 rings (SSSR count). The van der Waals surface area contributed by atoms with Gasteiger partial charge in [0.05, 0.1) is 6.61 Å². The Morgan fingerprint density at radius 1 is 1.23 bits per heavy atom. The van der Waals surface area contributed by atoms with E-state index in [1.54, 1.807) is 36.6 Å². The van der Waals surface area contributed by atoms with Crippen molar-refractivity contribution >= 4 is 34.3 Å². The zero-order chi connectivity index (χ0) is 22.4. The number of hydrogen-bond acceptors (Lipinski definition) is 6. The van der Waals surface area contributed by atoms with Gasteiger partial charge in [0.15, 0.2) is 0 Å². The van der Waals surface area contributed by atoms with Crippen molar-refractivity contribution < 1.29 is 23.8 Å². The number of phenols is 1. The van der Waals surface area contributed by atoms with E-state index < -0.39 is 17.7 Å². The third kappa shape index (κ3) is 4.97. The maximum atomic E-state index is 13.3. The molecular formula is C23H17FN2O4S. The quantitative estimate of drug-likeness (QED) is 0.322. The van der Waals surface area contributed by atoms with Crippen molar-refractivity contribution in [3.8, 4) is 22.9 Å². The van der Waals surface area contributed by atoms with Crippen molar-refractivity contribution in [3.05, 3.63) is 76.4 Å². The number of esters is 1. The summed E-state index contributed by atoms with van der Waals surface area (Å²) < 4.78 is 18.4. The first-order valence-electron chi connectivity index (χ1n) is 9.20. The minimum atomic E-state index is -0.746. The number of carbonyl (C=O) groups is 2. The second kappa shape index (κ2) is 9.69. The molecule has 0 atom stereocenters. The minimum Gasteiger partial charge on any atom is -0.507 e. The molecule has 0 saturated heterocycles. The maximum absolute atomic E-state index is 13.3. The zero-order valence-electron chi connectivity index (χ0n) is 16.4. The van der Waals surface area contributed by atoms with Crippen LogP contribution in [0.2, 0.25) is 0 Å². The molecule has 0 bridgehead atoms. The van der Waals surface area contributed by atoms with Gasteiger partial charge in [-0.15, -0.1) is 11.3 Å². The first-order chi connectivity index (χ1) is 14.9. The summed E-state index contributed by atoms with van der Waals surface area (Å²) >= 11 is 1.08. The second-order valence-electron chi connectivity index (χ2n) is 6.26. The van der Waals surface area contributed by atoms with Crippen LogP contribution in [0.5, 0.6) is 5.75 Å². The van der Waals surface area contributed by atoms with Crippen LogP contribution in [0.4, 0.5) is 9.39 Å². The molecule has 0 saturated carbocycles. The van der Waals surface area contributed by atoms with E-state index in [-0.39, 0.29) is 28.5 Å². The number of nitrogens with one attached hydrogen (secondary N) is 1. The molecule has 31 heavy (non-hydrogen) atoms.